The molecule has 3 heterocycles. The van der Waals surface area contributed by atoms with Gasteiger partial charge in [0.1, 0.15) is 17.0 Å². The van der Waals surface area contributed by atoms with Crippen molar-refractivity contribution in [3.63, 3.8) is 0 Å². The lowest BCUT2D eigenvalue weighted by Crippen LogP contribution is -2.58. The normalized spacial score (nSPS) is 33.3. The first-order chi connectivity index (χ1) is 18.0. The van der Waals surface area contributed by atoms with Gasteiger partial charge < -0.3 is 15.5 Å². The fourth-order valence-corrected chi connectivity index (χ4v) is 8.62. The molecule has 0 aromatic carbocycles. The molecule has 38 heavy (non-hydrogen) atoms. The van der Waals surface area contributed by atoms with Gasteiger partial charge in [-0.15, -0.1) is 0 Å². The number of carbonyl (C=O) groups excluding carboxylic acids is 2. The van der Waals surface area contributed by atoms with Gasteiger partial charge in [-0.05, 0) is 99.4 Å². The van der Waals surface area contributed by atoms with E-state index in [4.69, 9.17) is 4.98 Å². The van der Waals surface area contributed by atoms with Crippen LogP contribution < -0.4 is 10.6 Å². The van der Waals surface area contributed by atoms with Crippen LogP contribution in [0.4, 0.5) is 0 Å². The number of carbonyl (C=O) groups is 2. The molecule has 8 nitrogen and oxygen atoms in total. The van der Waals surface area contributed by atoms with Gasteiger partial charge in [0.2, 0.25) is 0 Å². The van der Waals surface area contributed by atoms with Crippen LogP contribution >= 0.6 is 0 Å². The Morgan fingerprint density at radius 2 is 2.00 bits per heavy atom. The Bertz CT molecular complexity index is 1250. The second kappa shape index (κ2) is 9.05. The first kappa shape index (κ1) is 25.8. The molecule has 8 heteroatoms. The third kappa shape index (κ3) is 4.43. The smallest absolute Gasteiger partial charge is 0.275 e. The number of nitrogens with one attached hydrogen (secondary N) is 2. The van der Waals surface area contributed by atoms with Crippen LogP contribution in [0.2, 0.25) is 0 Å². The van der Waals surface area contributed by atoms with E-state index in [1.165, 1.54) is 32.1 Å². The van der Waals surface area contributed by atoms with Crippen molar-refractivity contribution >= 4 is 17.5 Å². The fraction of sp³-hybridized carbons (Fsp3) is 0.700. The van der Waals surface area contributed by atoms with E-state index in [1.807, 2.05) is 42.1 Å². The number of hydrogen-bond donors (Lipinski definition) is 2. The van der Waals surface area contributed by atoms with Gasteiger partial charge >= 0.3 is 0 Å². The minimum absolute atomic E-state index is 0.0520. The van der Waals surface area contributed by atoms with E-state index < -0.39 is 0 Å². The number of hydrogen-bond acceptors (Lipinski definition) is 5. The molecule has 5 atom stereocenters. The maximum atomic E-state index is 13.9. The molecule has 0 radical (unpaired) electrons. The Kier molecular flexibility index (Phi) is 6.15. The van der Waals surface area contributed by atoms with Crippen molar-refractivity contribution in [1.82, 2.24) is 29.8 Å². The van der Waals surface area contributed by atoms with Crippen LogP contribution in [-0.4, -0.2) is 77.4 Å². The standard InChI is InChI=1S/C30H44N6O2/c1-20-11-29(13-21-14-30(21,12-20)16-29)18-32-26(37)23-7-6-8-25-33-22(15-35(23)25)27(38)36(19-34(4)5)24-9-10-31-17-28(24,2)3/h6-8,15,20-21,24,31H,9-14,16-19H2,1-5H3,(H,32,37). The summed E-state index contributed by atoms with van der Waals surface area (Å²) in [5.74, 6) is 1.46. The van der Waals surface area contributed by atoms with Crippen LogP contribution in [0.15, 0.2) is 24.4 Å². The summed E-state index contributed by atoms with van der Waals surface area (Å²) >= 11 is 0. The predicted octanol–water partition coefficient (Wildman–Crippen LogP) is 3.63. The van der Waals surface area contributed by atoms with E-state index in [2.05, 4.69) is 31.4 Å². The fourth-order valence-electron chi connectivity index (χ4n) is 8.62. The number of pyridine rings is 1. The third-order valence-electron chi connectivity index (χ3n) is 10.0. The Hall–Kier alpha value is -2.45. The summed E-state index contributed by atoms with van der Waals surface area (Å²) in [6.07, 6.45) is 9.18. The zero-order valence-corrected chi connectivity index (χ0v) is 23.7. The van der Waals surface area contributed by atoms with Gasteiger partial charge in [-0.2, -0.15) is 0 Å². The van der Waals surface area contributed by atoms with Crippen molar-refractivity contribution < 1.29 is 9.59 Å². The van der Waals surface area contributed by atoms with Gasteiger partial charge in [-0.1, -0.05) is 26.8 Å². The molecule has 3 aliphatic carbocycles. The highest BCUT2D eigenvalue weighted by Gasteiger charge is 2.67. The minimum Gasteiger partial charge on any atom is -0.350 e. The van der Waals surface area contributed by atoms with Gasteiger partial charge in [0.25, 0.3) is 11.8 Å². The largest absolute Gasteiger partial charge is 0.350 e. The maximum Gasteiger partial charge on any atom is 0.275 e. The number of nitrogens with zero attached hydrogens (tertiary/aromatic N) is 4. The van der Waals surface area contributed by atoms with Crippen LogP contribution in [0.5, 0.6) is 0 Å². The molecule has 2 amide bonds. The van der Waals surface area contributed by atoms with Crippen molar-refractivity contribution in [2.45, 2.75) is 65.3 Å². The quantitative estimate of drug-likeness (QED) is 0.545. The molecular formula is C30H44N6O2. The molecule has 4 aliphatic rings. The first-order valence-electron chi connectivity index (χ1n) is 14.4. The summed E-state index contributed by atoms with van der Waals surface area (Å²) in [4.78, 5) is 36.1. The van der Waals surface area contributed by atoms with Gasteiger partial charge in [0.05, 0.1) is 6.67 Å². The van der Waals surface area contributed by atoms with Gasteiger partial charge in [0, 0.05) is 25.3 Å². The van der Waals surface area contributed by atoms with Crippen molar-refractivity contribution in [2.75, 3.05) is 40.4 Å². The molecule has 3 saturated carbocycles. The summed E-state index contributed by atoms with van der Waals surface area (Å²) in [7, 11) is 3.98. The number of piperidine rings is 1. The molecule has 1 spiro atoms. The summed E-state index contributed by atoms with van der Waals surface area (Å²) in [6.45, 7) is 9.84. The van der Waals surface area contributed by atoms with E-state index in [0.717, 1.165) is 37.9 Å². The summed E-state index contributed by atoms with van der Waals surface area (Å²) < 4.78 is 1.79. The van der Waals surface area contributed by atoms with E-state index in [1.54, 1.807) is 10.6 Å². The third-order valence-corrected chi connectivity index (χ3v) is 10.0. The zero-order chi connectivity index (χ0) is 26.9. The second-order valence-electron chi connectivity index (χ2n) is 14.1. The topological polar surface area (TPSA) is 82.0 Å². The van der Waals surface area contributed by atoms with Crippen LogP contribution in [0.1, 0.15) is 80.3 Å². The molecule has 2 aromatic rings. The van der Waals surface area contributed by atoms with E-state index >= 15 is 0 Å². The molecule has 4 fully saturated rings. The van der Waals surface area contributed by atoms with E-state index in [0.29, 0.717) is 29.1 Å². The number of rotatable bonds is 7. The molecule has 1 aliphatic heterocycles. The molecule has 2 aromatic heterocycles. The predicted molar refractivity (Wildman–Crippen MR) is 148 cm³/mol. The van der Waals surface area contributed by atoms with Gasteiger partial charge in [-0.25, -0.2) is 4.98 Å². The van der Waals surface area contributed by atoms with Crippen LogP contribution in [0.25, 0.3) is 5.65 Å². The number of amides is 2. The first-order valence-corrected chi connectivity index (χ1v) is 14.4. The van der Waals surface area contributed by atoms with Gasteiger partial charge in [-0.3, -0.25) is 18.9 Å². The SMILES string of the molecule is CC1CC2(CNC(=O)c3cccc4nc(C(=O)N(CN(C)C)C5CCNCC5(C)C)cn34)CC3CC3(C1)C2. The average Bonchev–Trinajstić information content (AvgIpc) is 3.20. The lowest BCUT2D eigenvalue weighted by Gasteiger charge is -2.46. The minimum atomic E-state index is -0.0844. The zero-order valence-electron chi connectivity index (χ0n) is 23.7. The van der Waals surface area contributed by atoms with Crippen molar-refractivity contribution in [2.24, 2.45) is 28.1 Å². The Morgan fingerprint density at radius 1 is 1.18 bits per heavy atom. The molecule has 2 N–H and O–H groups in total. The highest BCUT2D eigenvalue weighted by Crippen LogP contribution is 2.75. The molecule has 1 saturated heterocycles. The number of aromatic nitrogens is 2. The van der Waals surface area contributed by atoms with Crippen LogP contribution in [0, 0.1) is 28.1 Å². The monoisotopic (exact) mass is 520 g/mol. The van der Waals surface area contributed by atoms with E-state index in [9.17, 15) is 9.59 Å². The van der Waals surface area contributed by atoms with Crippen molar-refractivity contribution in [1.29, 1.82) is 0 Å². The van der Waals surface area contributed by atoms with E-state index in [-0.39, 0.29) is 28.7 Å². The summed E-state index contributed by atoms with van der Waals surface area (Å²) in [5.41, 5.74) is 2.34. The van der Waals surface area contributed by atoms with Crippen molar-refractivity contribution in [3.8, 4) is 0 Å². The lowest BCUT2D eigenvalue weighted by molar-refractivity contribution is 0.0226. The Balaban J connectivity index is 1.22. The summed E-state index contributed by atoms with van der Waals surface area (Å²) in [5, 5.41) is 6.76. The molecule has 2 bridgehead atoms. The number of imidazole rings is 1. The second-order valence-corrected chi connectivity index (χ2v) is 14.1. The molecule has 5 unspecified atom stereocenters. The molecular weight excluding hydrogens is 476 g/mol. The highest BCUT2D eigenvalue weighted by molar-refractivity contribution is 5.95. The Labute approximate surface area is 226 Å². The molecule has 206 valence electrons. The van der Waals surface area contributed by atoms with Crippen molar-refractivity contribution in [3.05, 3.63) is 35.8 Å². The maximum absolute atomic E-state index is 13.9. The van der Waals surface area contributed by atoms with Crippen LogP contribution in [0.3, 0.4) is 0 Å². The average molecular weight is 521 g/mol. The number of fused-ring (bicyclic) bond motifs is 2. The van der Waals surface area contributed by atoms with Gasteiger partial charge in [0.15, 0.2) is 0 Å². The lowest BCUT2D eigenvalue weighted by atomic mass is 9.67. The highest BCUT2D eigenvalue weighted by atomic mass is 16.2. The Morgan fingerprint density at radius 3 is 2.76 bits per heavy atom. The molecule has 6 rings (SSSR count). The summed E-state index contributed by atoms with van der Waals surface area (Å²) in [6, 6.07) is 5.67. The van der Waals surface area contributed by atoms with Crippen LogP contribution in [-0.2, 0) is 0 Å².